The Kier molecular flexibility index (Phi) is 3.12. The summed E-state index contributed by atoms with van der Waals surface area (Å²) in [5, 5.41) is 0. The van der Waals surface area contributed by atoms with Crippen LogP contribution in [0.15, 0.2) is 22.7 Å². The van der Waals surface area contributed by atoms with Gasteiger partial charge in [-0.1, -0.05) is 22.9 Å². The Morgan fingerprint density at radius 1 is 1.60 bits per heavy atom. The van der Waals surface area contributed by atoms with Gasteiger partial charge in [-0.15, -0.1) is 0 Å². The minimum Gasteiger partial charge on any atom is -0.327 e. The zero-order valence-corrected chi connectivity index (χ0v) is 10.3. The molecule has 1 fully saturated rings. The summed E-state index contributed by atoms with van der Waals surface area (Å²) in [6.45, 7) is 2.21. The maximum absolute atomic E-state index is 13.0. The Morgan fingerprint density at radius 2 is 2.27 bits per heavy atom. The first-order chi connectivity index (χ1) is 7.08. The molecule has 0 heterocycles. The Bertz CT molecular complexity index is 367. The van der Waals surface area contributed by atoms with Crippen molar-refractivity contribution in [3.63, 3.8) is 0 Å². The van der Waals surface area contributed by atoms with Crippen molar-refractivity contribution in [3.05, 3.63) is 34.1 Å². The van der Waals surface area contributed by atoms with Crippen molar-refractivity contribution in [2.75, 3.05) is 0 Å². The fourth-order valence-corrected chi connectivity index (χ4v) is 2.46. The van der Waals surface area contributed by atoms with Crippen LogP contribution in [0.5, 0.6) is 0 Å². The van der Waals surface area contributed by atoms with Gasteiger partial charge >= 0.3 is 0 Å². The molecule has 82 valence electrons. The molecular formula is C12H15BrFN. The lowest BCUT2D eigenvalue weighted by Crippen LogP contribution is -2.26. The highest BCUT2D eigenvalue weighted by molar-refractivity contribution is 9.10. The lowest BCUT2D eigenvalue weighted by Gasteiger charge is -2.12. The van der Waals surface area contributed by atoms with Crippen LogP contribution in [-0.2, 0) is 6.42 Å². The predicted molar refractivity (Wildman–Crippen MR) is 63.1 cm³/mol. The molecule has 3 unspecified atom stereocenters. The zero-order chi connectivity index (χ0) is 11.0. The summed E-state index contributed by atoms with van der Waals surface area (Å²) in [4.78, 5) is 0. The van der Waals surface area contributed by atoms with E-state index in [1.54, 1.807) is 12.1 Å². The largest absolute Gasteiger partial charge is 0.327 e. The fraction of sp³-hybridized carbons (Fsp3) is 0.500. The number of rotatable bonds is 3. The van der Waals surface area contributed by atoms with Crippen LogP contribution in [0, 0.1) is 17.7 Å². The first-order valence-electron chi connectivity index (χ1n) is 5.27. The third-order valence-electron chi connectivity index (χ3n) is 3.19. The van der Waals surface area contributed by atoms with Gasteiger partial charge in [-0.3, -0.25) is 0 Å². The van der Waals surface area contributed by atoms with Gasteiger partial charge in [0.25, 0.3) is 0 Å². The summed E-state index contributed by atoms with van der Waals surface area (Å²) < 4.78 is 14.0. The molecule has 1 aliphatic carbocycles. The molecule has 1 nitrogen and oxygen atoms in total. The van der Waals surface area contributed by atoms with E-state index < -0.39 is 0 Å². The summed E-state index contributed by atoms with van der Waals surface area (Å²) >= 11 is 3.42. The average Bonchev–Trinajstić information content (AvgIpc) is 2.89. The molecule has 1 aliphatic rings. The molecular weight excluding hydrogens is 257 g/mol. The second kappa shape index (κ2) is 4.22. The third kappa shape index (κ3) is 2.58. The topological polar surface area (TPSA) is 26.0 Å². The predicted octanol–water partition coefficient (Wildman–Crippen LogP) is 3.11. The Morgan fingerprint density at radius 3 is 2.87 bits per heavy atom. The van der Waals surface area contributed by atoms with Crippen LogP contribution in [0.3, 0.4) is 0 Å². The maximum Gasteiger partial charge on any atom is 0.123 e. The van der Waals surface area contributed by atoms with Gasteiger partial charge in [0.05, 0.1) is 0 Å². The molecule has 0 radical (unpaired) electrons. The van der Waals surface area contributed by atoms with E-state index in [1.165, 1.54) is 12.5 Å². The van der Waals surface area contributed by atoms with Gasteiger partial charge in [0.2, 0.25) is 0 Å². The van der Waals surface area contributed by atoms with Crippen molar-refractivity contribution in [1.82, 2.24) is 0 Å². The summed E-state index contributed by atoms with van der Waals surface area (Å²) in [6.07, 6.45) is 1.97. The van der Waals surface area contributed by atoms with Gasteiger partial charge in [-0.05, 0) is 48.4 Å². The van der Waals surface area contributed by atoms with Crippen LogP contribution < -0.4 is 5.73 Å². The molecule has 0 saturated heterocycles. The van der Waals surface area contributed by atoms with Gasteiger partial charge in [0, 0.05) is 10.5 Å². The normalized spacial score (nSPS) is 26.4. The van der Waals surface area contributed by atoms with Crippen LogP contribution in [0.25, 0.3) is 0 Å². The highest BCUT2D eigenvalue weighted by Crippen LogP contribution is 2.41. The second-order valence-electron chi connectivity index (χ2n) is 4.48. The lowest BCUT2D eigenvalue weighted by molar-refractivity contribution is 0.555. The highest BCUT2D eigenvalue weighted by Gasteiger charge is 2.37. The van der Waals surface area contributed by atoms with Crippen molar-refractivity contribution in [3.8, 4) is 0 Å². The van der Waals surface area contributed by atoms with Crippen molar-refractivity contribution in [1.29, 1.82) is 0 Å². The molecule has 0 amide bonds. The number of hydrogen-bond donors (Lipinski definition) is 1. The molecule has 0 bridgehead atoms. The van der Waals surface area contributed by atoms with E-state index in [9.17, 15) is 4.39 Å². The van der Waals surface area contributed by atoms with E-state index in [1.807, 2.05) is 0 Å². The third-order valence-corrected chi connectivity index (χ3v) is 3.96. The Balaban J connectivity index is 2.06. The summed E-state index contributed by atoms with van der Waals surface area (Å²) in [7, 11) is 0. The molecule has 0 aliphatic heterocycles. The molecule has 3 atom stereocenters. The summed E-state index contributed by atoms with van der Waals surface area (Å²) in [5.74, 6) is 1.18. The standard InChI is InChI=1S/C12H15BrFN/c1-7-4-10(7)12(15)6-8-5-9(14)2-3-11(8)13/h2-3,5,7,10,12H,4,6,15H2,1H3. The van der Waals surface area contributed by atoms with E-state index in [0.29, 0.717) is 5.92 Å². The van der Waals surface area contributed by atoms with Crippen LogP contribution in [0.4, 0.5) is 4.39 Å². The lowest BCUT2D eigenvalue weighted by atomic mass is 10.0. The molecule has 3 heteroatoms. The van der Waals surface area contributed by atoms with Crippen LogP contribution in [-0.4, -0.2) is 6.04 Å². The smallest absolute Gasteiger partial charge is 0.123 e. The number of halogens is 2. The van der Waals surface area contributed by atoms with Crippen LogP contribution >= 0.6 is 15.9 Å². The van der Waals surface area contributed by atoms with Crippen LogP contribution in [0.2, 0.25) is 0 Å². The number of benzene rings is 1. The SMILES string of the molecule is CC1CC1C(N)Cc1cc(F)ccc1Br. The van der Waals surface area contributed by atoms with Crippen LogP contribution in [0.1, 0.15) is 18.9 Å². The highest BCUT2D eigenvalue weighted by atomic mass is 79.9. The first-order valence-corrected chi connectivity index (χ1v) is 6.06. The minimum atomic E-state index is -0.191. The molecule has 2 rings (SSSR count). The maximum atomic E-state index is 13.0. The van der Waals surface area contributed by atoms with Crippen molar-refractivity contribution < 1.29 is 4.39 Å². The average molecular weight is 272 g/mol. The van der Waals surface area contributed by atoms with Gasteiger partial charge in [0.15, 0.2) is 0 Å². The van der Waals surface area contributed by atoms with Gasteiger partial charge < -0.3 is 5.73 Å². The summed E-state index contributed by atoms with van der Waals surface area (Å²) in [5.41, 5.74) is 7.05. The van der Waals surface area contributed by atoms with Crippen molar-refractivity contribution in [2.24, 2.45) is 17.6 Å². The van der Waals surface area contributed by atoms with Crippen molar-refractivity contribution in [2.45, 2.75) is 25.8 Å². The van der Waals surface area contributed by atoms with E-state index in [-0.39, 0.29) is 11.9 Å². The fourth-order valence-electron chi connectivity index (χ4n) is 2.05. The number of hydrogen-bond acceptors (Lipinski definition) is 1. The molecule has 0 aromatic heterocycles. The molecule has 15 heavy (non-hydrogen) atoms. The molecule has 0 spiro atoms. The van der Waals surface area contributed by atoms with Gasteiger partial charge in [0.1, 0.15) is 5.82 Å². The Labute approximate surface area is 98.0 Å². The quantitative estimate of drug-likeness (QED) is 0.898. The van der Waals surface area contributed by atoms with E-state index in [4.69, 9.17) is 5.73 Å². The monoisotopic (exact) mass is 271 g/mol. The molecule has 1 saturated carbocycles. The van der Waals surface area contributed by atoms with E-state index >= 15 is 0 Å². The molecule has 2 N–H and O–H groups in total. The number of nitrogens with two attached hydrogens (primary N) is 1. The van der Waals surface area contributed by atoms with E-state index in [2.05, 4.69) is 22.9 Å². The molecule has 1 aromatic rings. The Hall–Kier alpha value is -0.410. The summed E-state index contributed by atoms with van der Waals surface area (Å²) in [6, 6.07) is 4.93. The zero-order valence-electron chi connectivity index (χ0n) is 8.71. The van der Waals surface area contributed by atoms with Gasteiger partial charge in [-0.2, -0.15) is 0 Å². The van der Waals surface area contributed by atoms with E-state index in [0.717, 1.165) is 22.4 Å². The first kappa shape index (κ1) is 11.1. The van der Waals surface area contributed by atoms with Gasteiger partial charge in [-0.25, -0.2) is 4.39 Å². The second-order valence-corrected chi connectivity index (χ2v) is 5.33. The molecule has 1 aromatic carbocycles. The minimum absolute atomic E-state index is 0.165. The van der Waals surface area contributed by atoms with Crippen molar-refractivity contribution >= 4 is 15.9 Å².